The van der Waals surface area contributed by atoms with E-state index < -0.39 is 0 Å². The van der Waals surface area contributed by atoms with Crippen LogP contribution in [0.5, 0.6) is 0 Å². The number of aromatic nitrogens is 1. The minimum Gasteiger partial charge on any atom is -0.354 e. The fourth-order valence-electron chi connectivity index (χ4n) is 3.36. The maximum Gasteiger partial charge on any atom is 0.191 e. The number of nitrogens with one attached hydrogen (secondary N) is 2. The normalized spacial score (nSPS) is 17.0. The molecule has 5 nitrogen and oxygen atoms in total. The molecule has 154 valence electrons. The lowest BCUT2D eigenvalue weighted by Crippen LogP contribution is -2.44. The quantitative estimate of drug-likeness (QED) is 0.345. The highest BCUT2D eigenvalue weighted by molar-refractivity contribution is 14.0. The maximum atomic E-state index is 13.8. The van der Waals surface area contributed by atoms with E-state index in [9.17, 15) is 4.39 Å². The number of pyridine rings is 1. The summed E-state index contributed by atoms with van der Waals surface area (Å²) in [6.07, 6.45) is 4.09. The van der Waals surface area contributed by atoms with Gasteiger partial charge in [0.25, 0.3) is 0 Å². The predicted molar refractivity (Wildman–Crippen MR) is 125 cm³/mol. The molecule has 0 spiro atoms. The van der Waals surface area contributed by atoms with E-state index in [0.29, 0.717) is 24.2 Å². The van der Waals surface area contributed by atoms with Crippen molar-refractivity contribution in [2.45, 2.75) is 32.4 Å². The van der Waals surface area contributed by atoms with E-state index >= 15 is 0 Å². The van der Waals surface area contributed by atoms with Crippen molar-refractivity contribution in [1.29, 1.82) is 0 Å². The van der Waals surface area contributed by atoms with Crippen LogP contribution in [0.4, 0.5) is 4.39 Å². The SMILES string of the molecule is CN=C(NCc1ncccc1F)NCC(c1cccs1)N1CCC(C)CC1.I. The number of rotatable bonds is 6. The number of guanidine groups is 1. The Morgan fingerprint density at radius 3 is 2.75 bits per heavy atom. The molecular weight excluding hydrogens is 488 g/mol. The number of hydrogen-bond donors (Lipinski definition) is 2. The first kappa shape index (κ1) is 23.0. The van der Waals surface area contributed by atoms with Crippen molar-refractivity contribution in [2.75, 3.05) is 26.7 Å². The molecule has 2 aromatic rings. The molecule has 1 unspecified atom stereocenters. The van der Waals surface area contributed by atoms with E-state index in [-0.39, 0.29) is 29.8 Å². The van der Waals surface area contributed by atoms with E-state index in [1.165, 1.54) is 23.8 Å². The molecule has 2 N–H and O–H groups in total. The van der Waals surface area contributed by atoms with E-state index in [0.717, 1.165) is 25.6 Å². The van der Waals surface area contributed by atoms with Gasteiger partial charge in [-0.1, -0.05) is 13.0 Å². The lowest BCUT2D eigenvalue weighted by Gasteiger charge is -2.36. The molecule has 0 aromatic carbocycles. The molecule has 3 rings (SSSR count). The first-order chi connectivity index (χ1) is 13.2. The topological polar surface area (TPSA) is 52.6 Å². The van der Waals surface area contributed by atoms with E-state index in [4.69, 9.17) is 0 Å². The van der Waals surface area contributed by atoms with Gasteiger partial charge in [-0.05, 0) is 55.4 Å². The van der Waals surface area contributed by atoms with Gasteiger partial charge in [0, 0.05) is 24.7 Å². The molecule has 0 bridgehead atoms. The molecule has 0 saturated carbocycles. The highest BCUT2D eigenvalue weighted by Crippen LogP contribution is 2.29. The first-order valence-electron chi connectivity index (χ1n) is 9.48. The summed E-state index contributed by atoms with van der Waals surface area (Å²) in [4.78, 5) is 12.3. The second-order valence-corrected chi connectivity index (χ2v) is 7.97. The third-order valence-corrected chi connectivity index (χ3v) is 6.05. The van der Waals surface area contributed by atoms with E-state index in [1.54, 1.807) is 30.6 Å². The minimum atomic E-state index is -0.306. The Morgan fingerprint density at radius 1 is 1.32 bits per heavy atom. The van der Waals surface area contributed by atoms with Gasteiger partial charge in [0.2, 0.25) is 0 Å². The fraction of sp³-hybridized carbons (Fsp3) is 0.500. The Hall–Kier alpha value is -1.26. The zero-order chi connectivity index (χ0) is 19.1. The van der Waals surface area contributed by atoms with Crippen LogP contribution in [0.3, 0.4) is 0 Å². The lowest BCUT2D eigenvalue weighted by molar-refractivity contribution is 0.140. The molecule has 28 heavy (non-hydrogen) atoms. The number of aliphatic imine (C=N–C) groups is 1. The van der Waals surface area contributed by atoms with Crippen molar-refractivity contribution in [3.8, 4) is 0 Å². The van der Waals surface area contributed by atoms with Gasteiger partial charge in [-0.3, -0.25) is 14.9 Å². The van der Waals surface area contributed by atoms with Crippen molar-refractivity contribution in [2.24, 2.45) is 10.9 Å². The summed E-state index contributed by atoms with van der Waals surface area (Å²) in [6, 6.07) is 7.65. The summed E-state index contributed by atoms with van der Waals surface area (Å²) in [6.45, 7) is 5.64. The molecule has 8 heteroatoms. The second-order valence-electron chi connectivity index (χ2n) is 6.99. The number of hydrogen-bond acceptors (Lipinski definition) is 4. The summed E-state index contributed by atoms with van der Waals surface area (Å²) in [5.74, 6) is 1.16. The van der Waals surface area contributed by atoms with Crippen molar-refractivity contribution in [3.63, 3.8) is 0 Å². The third kappa shape index (κ3) is 6.38. The number of nitrogens with zero attached hydrogens (tertiary/aromatic N) is 3. The van der Waals surface area contributed by atoms with Crippen molar-refractivity contribution in [3.05, 3.63) is 52.2 Å². The largest absolute Gasteiger partial charge is 0.354 e. The van der Waals surface area contributed by atoms with Crippen LogP contribution in [0.1, 0.15) is 36.4 Å². The lowest BCUT2D eigenvalue weighted by atomic mass is 9.97. The summed E-state index contributed by atoms with van der Waals surface area (Å²) in [5, 5.41) is 8.70. The number of piperidine rings is 1. The van der Waals surface area contributed by atoms with Gasteiger partial charge < -0.3 is 10.6 Å². The van der Waals surface area contributed by atoms with Crippen molar-refractivity contribution in [1.82, 2.24) is 20.5 Å². The summed E-state index contributed by atoms with van der Waals surface area (Å²) >= 11 is 1.80. The van der Waals surface area contributed by atoms with Gasteiger partial charge in [0.15, 0.2) is 5.96 Å². The Kier molecular flexibility index (Phi) is 9.60. The van der Waals surface area contributed by atoms with Crippen LogP contribution < -0.4 is 10.6 Å². The maximum absolute atomic E-state index is 13.8. The minimum absolute atomic E-state index is 0. The van der Waals surface area contributed by atoms with Crippen LogP contribution in [0.15, 0.2) is 40.8 Å². The Bertz CT molecular complexity index is 732. The second kappa shape index (κ2) is 11.7. The molecule has 1 saturated heterocycles. The van der Waals surface area contributed by atoms with Crippen LogP contribution in [-0.2, 0) is 6.54 Å². The zero-order valence-corrected chi connectivity index (χ0v) is 19.5. The Morgan fingerprint density at radius 2 is 2.11 bits per heavy atom. The average Bonchev–Trinajstić information content (AvgIpc) is 3.21. The monoisotopic (exact) mass is 517 g/mol. The molecule has 1 atom stereocenters. The van der Waals surface area contributed by atoms with E-state index in [1.807, 2.05) is 0 Å². The number of likely N-dealkylation sites (tertiary alicyclic amines) is 1. The molecule has 3 heterocycles. The molecule has 0 amide bonds. The van der Waals surface area contributed by atoms with Crippen molar-refractivity contribution < 1.29 is 4.39 Å². The third-order valence-electron chi connectivity index (χ3n) is 5.08. The van der Waals surface area contributed by atoms with Crippen LogP contribution >= 0.6 is 35.3 Å². The van der Waals surface area contributed by atoms with Crippen molar-refractivity contribution >= 4 is 41.3 Å². The van der Waals surface area contributed by atoms with Crippen LogP contribution in [0.25, 0.3) is 0 Å². The number of thiophene rings is 1. The van der Waals surface area contributed by atoms with Crippen LogP contribution in [0, 0.1) is 11.7 Å². The standard InChI is InChI=1S/C20H28FN5S.HI/c1-15-7-10-26(11-8-15)18(19-6-4-12-27-19)14-25-20(22-2)24-13-17-16(21)5-3-9-23-17;/h3-6,9,12,15,18H,7-8,10-11,13-14H2,1-2H3,(H2,22,24,25);1H. The zero-order valence-electron chi connectivity index (χ0n) is 16.4. The summed E-state index contributed by atoms with van der Waals surface area (Å²) in [7, 11) is 1.73. The number of halogens is 2. The molecular formula is C20H29FIN5S. The molecule has 0 radical (unpaired) electrons. The van der Waals surface area contributed by atoms with Gasteiger partial charge in [0.05, 0.1) is 18.3 Å². The summed E-state index contributed by atoms with van der Waals surface area (Å²) < 4.78 is 13.8. The van der Waals surface area contributed by atoms with Gasteiger partial charge in [-0.25, -0.2) is 4.39 Å². The van der Waals surface area contributed by atoms with Crippen LogP contribution in [0.2, 0.25) is 0 Å². The van der Waals surface area contributed by atoms with Crippen LogP contribution in [-0.4, -0.2) is 42.5 Å². The first-order valence-corrected chi connectivity index (χ1v) is 10.4. The smallest absolute Gasteiger partial charge is 0.191 e. The molecule has 0 aliphatic carbocycles. The fourth-order valence-corrected chi connectivity index (χ4v) is 4.22. The Labute approximate surface area is 187 Å². The molecule has 1 fully saturated rings. The highest BCUT2D eigenvalue weighted by Gasteiger charge is 2.25. The molecule has 1 aliphatic heterocycles. The van der Waals surface area contributed by atoms with E-state index in [2.05, 4.69) is 49.9 Å². The molecule has 1 aliphatic rings. The van der Waals surface area contributed by atoms with Gasteiger partial charge in [-0.2, -0.15) is 0 Å². The van der Waals surface area contributed by atoms with Gasteiger partial charge in [-0.15, -0.1) is 35.3 Å². The average molecular weight is 517 g/mol. The molecule has 2 aromatic heterocycles. The highest BCUT2D eigenvalue weighted by atomic mass is 127. The summed E-state index contributed by atoms with van der Waals surface area (Å²) in [5.41, 5.74) is 0.389. The van der Waals surface area contributed by atoms with Gasteiger partial charge >= 0.3 is 0 Å². The Balaban J connectivity index is 0.00000280. The van der Waals surface area contributed by atoms with Gasteiger partial charge in [0.1, 0.15) is 5.82 Å². The predicted octanol–water partition coefficient (Wildman–Crippen LogP) is 4.04.